The number of hydrogen-bond acceptors (Lipinski definition) is 1. The van der Waals surface area contributed by atoms with Crippen molar-refractivity contribution >= 4 is 14.5 Å². The molecule has 4 aliphatic carbocycles. The number of rotatable bonds is 6. The van der Waals surface area contributed by atoms with Crippen LogP contribution >= 0.6 is 0 Å². The van der Waals surface area contributed by atoms with E-state index in [-0.39, 0.29) is 40.2 Å². The summed E-state index contributed by atoms with van der Waals surface area (Å²) in [6.07, 6.45) is -11.3. The average Bonchev–Trinajstić information content (AvgIpc) is 3.32. The summed E-state index contributed by atoms with van der Waals surface area (Å²) in [5.41, 5.74) is 0. The van der Waals surface area contributed by atoms with E-state index in [0.29, 0.717) is 12.8 Å². The first kappa shape index (κ1) is 61.6. The van der Waals surface area contributed by atoms with Gasteiger partial charge in [0.1, 0.15) is 0 Å². The molecule has 0 aromatic heterocycles. The average molecular weight is 1200 g/mol. The molecule has 0 spiro atoms. The zero-order valence-electron chi connectivity index (χ0n) is 32.2. The summed E-state index contributed by atoms with van der Waals surface area (Å²) in [5.74, 6) is 12.0. The third-order valence-electron chi connectivity index (χ3n) is 9.21. The summed E-state index contributed by atoms with van der Waals surface area (Å²) in [6.45, 7) is 22.0. The Hall–Kier alpha value is 0.269. The molecule has 21 heteroatoms. The Labute approximate surface area is 356 Å². The van der Waals surface area contributed by atoms with E-state index >= 15 is 0 Å². The molecule has 4 fully saturated rings. The number of halogens is 16. The maximum absolute atomic E-state index is 13.0. The first-order valence-corrected chi connectivity index (χ1v) is 16.3. The molecular formula is C36H42B2F16Ir2O+4. The fourth-order valence-electron chi connectivity index (χ4n) is 5.12. The Morgan fingerprint density at radius 2 is 0.544 bits per heavy atom. The fraction of sp³-hybridized carbons (Fsp3) is 0.444. The summed E-state index contributed by atoms with van der Waals surface area (Å²) in [5, 5.41) is 0. The molecule has 324 valence electrons. The van der Waals surface area contributed by atoms with E-state index < -0.39 is 76.1 Å². The quantitative estimate of drug-likeness (QED) is 0.190. The van der Waals surface area contributed by atoms with E-state index in [4.69, 9.17) is 4.74 Å². The van der Waals surface area contributed by atoms with Gasteiger partial charge in [-0.3, -0.25) is 0 Å². The zero-order valence-corrected chi connectivity index (χ0v) is 37.0. The van der Waals surface area contributed by atoms with Crippen molar-refractivity contribution in [2.24, 2.45) is 0 Å². The summed E-state index contributed by atoms with van der Waals surface area (Å²) in [4.78, 5) is 0. The van der Waals surface area contributed by atoms with Crippen LogP contribution in [0.15, 0.2) is 0 Å². The van der Waals surface area contributed by atoms with Crippen molar-refractivity contribution in [2.75, 3.05) is 0 Å². The minimum absolute atomic E-state index is 0. The van der Waals surface area contributed by atoms with Crippen molar-refractivity contribution in [3.8, 4) is 0 Å². The largest absolute Gasteiger partial charge is 3.00 e. The van der Waals surface area contributed by atoms with Gasteiger partial charge in [0.25, 0.3) is 0 Å². The molecule has 0 unspecified atom stereocenters. The Morgan fingerprint density at radius 3 is 0.684 bits per heavy atom. The van der Waals surface area contributed by atoms with Gasteiger partial charge in [-0.25, -0.2) is 35.1 Å². The van der Waals surface area contributed by atoms with Gasteiger partial charge < -0.3 is 39.3 Å². The molecule has 57 heavy (non-hydrogen) atoms. The van der Waals surface area contributed by atoms with Crippen molar-refractivity contribution in [3.63, 3.8) is 0 Å². The van der Waals surface area contributed by atoms with Gasteiger partial charge in [-0.2, -0.15) is 0 Å². The number of hydrogen-bond donors (Lipinski definition) is 0. The van der Waals surface area contributed by atoms with Gasteiger partial charge in [0.15, 0.2) is 0 Å². The van der Waals surface area contributed by atoms with Crippen LogP contribution in [0.3, 0.4) is 0 Å². The monoisotopic (exact) mass is 1200 g/mol. The Balaban J connectivity index is -0.000000752. The van der Waals surface area contributed by atoms with E-state index in [0.717, 1.165) is 25.7 Å². The topological polar surface area (TPSA) is 9.23 Å². The summed E-state index contributed by atoms with van der Waals surface area (Å²) < 4.78 is 186. The van der Waals surface area contributed by atoms with Crippen LogP contribution in [0.2, 0.25) is 0 Å². The standard InChI is InChI=1S/C16H12F8O.2C10H15.2BF4.2Ir/c17-13(18)7-1-3-9(15(21)22)11(5-7)25-12-6-8(14(19)20)2-4-10(12)16(23)24;2*1-6-7(2)9(4)10(5)8(6)3;2*2-1(3,4)5;;/h1-6,11-16H;2*1-5H3;;;;/q;;;2*-1;2*+3/t11-,12+;;;;;;. The predicted octanol–water partition coefficient (Wildman–Crippen LogP) is 12.9. The van der Waals surface area contributed by atoms with Crippen molar-refractivity contribution in [1.29, 1.82) is 0 Å². The smallest absolute Gasteiger partial charge is 0.418 e. The van der Waals surface area contributed by atoms with Crippen molar-refractivity contribution < 1.29 is 115 Å². The van der Waals surface area contributed by atoms with Gasteiger partial charge in [-0.15, -0.1) is 0 Å². The van der Waals surface area contributed by atoms with Crippen LogP contribution in [0.25, 0.3) is 0 Å². The van der Waals surface area contributed by atoms with Crippen molar-refractivity contribution in [1.82, 2.24) is 0 Å². The van der Waals surface area contributed by atoms with E-state index in [1.54, 1.807) is 0 Å². The van der Waals surface area contributed by atoms with Crippen LogP contribution in [0.4, 0.5) is 69.6 Å². The molecule has 0 aliphatic heterocycles. The minimum Gasteiger partial charge on any atom is -0.418 e. The Bertz CT molecular complexity index is 868. The Kier molecular flexibility index (Phi) is 29.5. The molecule has 0 aromatic carbocycles. The minimum atomic E-state index is -6.00. The van der Waals surface area contributed by atoms with Gasteiger partial charge in [0, 0.05) is 12.8 Å². The van der Waals surface area contributed by atoms with E-state index in [9.17, 15) is 69.6 Å². The van der Waals surface area contributed by atoms with Gasteiger partial charge in [-0.1, -0.05) is 69.2 Å². The SMILES string of the molecule is C[C]1[C](C)[C](C)[C](C)[C]1C.C[C]1[C](C)[C](C)[C](C)[C]1C.FC(F)[C]1[CH][CH][C](C(F)F)[C@@H](O[C@@H]2[CH][C](C(F)F)[CH][CH][C]2C(F)F)[CH]1.F[B-](F)(F)F.F[B-](F)(F)F.[Ir+3].[Ir+3]. The molecule has 4 rings (SSSR count). The second-order valence-electron chi connectivity index (χ2n) is 12.4. The van der Waals surface area contributed by atoms with Gasteiger partial charge in [0.05, 0.1) is 35.9 Å². The molecule has 2 atom stereocenters. The van der Waals surface area contributed by atoms with Crippen LogP contribution < -0.4 is 0 Å². The van der Waals surface area contributed by atoms with E-state index in [2.05, 4.69) is 69.2 Å². The van der Waals surface area contributed by atoms with Gasteiger partial charge in [-0.05, 0) is 84.9 Å². The summed E-state index contributed by atoms with van der Waals surface area (Å²) in [6, 6.07) is 0. The van der Waals surface area contributed by atoms with Crippen LogP contribution in [0.5, 0.6) is 0 Å². The van der Waals surface area contributed by atoms with E-state index in [1.807, 2.05) is 0 Å². The second-order valence-corrected chi connectivity index (χ2v) is 12.4. The van der Waals surface area contributed by atoms with Gasteiger partial charge in [0.2, 0.25) is 25.7 Å². The molecule has 0 aromatic rings. The first-order chi connectivity index (χ1) is 24.8. The molecule has 1 nitrogen and oxygen atoms in total. The second kappa shape index (κ2) is 27.4. The van der Waals surface area contributed by atoms with Crippen molar-refractivity contribution in [2.45, 2.75) is 107 Å². The summed E-state index contributed by atoms with van der Waals surface area (Å²) >= 11 is 0. The first-order valence-electron chi connectivity index (χ1n) is 16.3. The molecule has 0 saturated heterocycles. The molecule has 0 bridgehead atoms. The molecule has 0 heterocycles. The molecule has 4 saturated carbocycles. The molecule has 20 radical (unpaired) electrons. The fourth-order valence-corrected chi connectivity index (χ4v) is 5.12. The number of alkyl halides is 8. The number of ether oxygens (including phenoxy) is 1. The molecule has 0 N–H and O–H groups in total. The normalized spacial score (nSPS) is 24.7. The third-order valence-corrected chi connectivity index (χ3v) is 9.21. The third kappa shape index (κ3) is 22.3. The maximum atomic E-state index is 13.0. The molecular weight excluding hydrogens is 1160 g/mol. The van der Waals surface area contributed by atoms with E-state index in [1.165, 1.54) is 59.2 Å². The summed E-state index contributed by atoms with van der Waals surface area (Å²) in [7, 11) is -12.0. The predicted molar refractivity (Wildman–Crippen MR) is 181 cm³/mol. The van der Waals surface area contributed by atoms with Crippen LogP contribution in [-0.4, -0.2) is 52.4 Å². The Morgan fingerprint density at radius 1 is 0.368 bits per heavy atom. The molecule has 4 aliphatic rings. The van der Waals surface area contributed by atoms with Gasteiger partial charge >= 0.3 is 54.7 Å². The van der Waals surface area contributed by atoms with Crippen LogP contribution in [0, 0.1) is 121 Å². The van der Waals surface area contributed by atoms with Crippen LogP contribution in [0.1, 0.15) is 69.2 Å². The molecule has 0 amide bonds. The van der Waals surface area contributed by atoms with Crippen molar-refractivity contribution in [3.05, 3.63) is 121 Å². The maximum Gasteiger partial charge on any atom is 3.00 e. The van der Waals surface area contributed by atoms with Crippen LogP contribution in [-0.2, 0) is 44.9 Å². The zero-order chi connectivity index (χ0) is 43.5.